The number of hydrogen-bond donors (Lipinski definition) is 2. The highest BCUT2D eigenvalue weighted by molar-refractivity contribution is 6.02. The first-order valence-corrected chi connectivity index (χ1v) is 11.3. The van der Waals surface area contributed by atoms with Crippen LogP contribution in [0, 0.1) is 6.92 Å². The number of phenols is 1. The number of nitrogens with zero attached hydrogens (tertiary/aromatic N) is 2. The van der Waals surface area contributed by atoms with Gasteiger partial charge < -0.3 is 10.0 Å². The molecule has 0 spiro atoms. The van der Waals surface area contributed by atoms with Gasteiger partial charge >= 0.3 is 0 Å². The third kappa shape index (κ3) is 4.23. The number of nitrogens with one attached hydrogen (secondary N) is 1. The van der Waals surface area contributed by atoms with E-state index in [1.807, 2.05) is 24.3 Å². The number of benzene rings is 3. The largest absolute Gasteiger partial charge is 0.507 e. The van der Waals surface area contributed by atoms with Gasteiger partial charge in [0.15, 0.2) is 0 Å². The van der Waals surface area contributed by atoms with Crippen molar-refractivity contribution in [1.29, 1.82) is 0 Å². The second-order valence-electron chi connectivity index (χ2n) is 9.59. The van der Waals surface area contributed by atoms with E-state index in [0.29, 0.717) is 6.04 Å². The van der Waals surface area contributed by atoms with E-state index in [1.165, 1.54) is 16.8 Å². The highest BCUT2D eigenvalue weighted by Gasteiger charge is 2.33. The van der Waals surface area contributed by atoms with Gasteiger partial charge in [-0.05, 0) is 93.3 Å². The fraction of sp³-hybridized carbons (Fsp3) is 0.286. The summed E-state index contributed by atoms with van der Waals surface area (Å²) in [5.74, 6) is -0.516. The van der Waals surface area contributed by atoms with Crippen LogP contribution in [0.5, 0.6) is 5.75 Å². The molecular formula is C28H31N3O2. The molecule has 0 saturated carbocycles. The number of allylic oxidation sites excluding steroid dienone is 1. The lowest BCUT2D eigenvalue weighted by Crippen LogP contribution is -2.49. The van der Waals surface area contributed by atoms with Crippen molar-refractivity contribution in [3.63, 3.8) is 0 Å². The molecule has 33 heavy (non-hydrogen) atoms. The standard InChI is InChI=1S/C28H31N3O2/c1-17(2)31-25-11-18(3)22(13-23(25)19(4)15-28(31,5)6)16-29-30-27(33)24-12-20-9-7-8-10-21(20)14-26(24)32/h7-17,32H,1-6H3,(H,30,33)/b29-16-. The number of amides is 1. The Hall–Kier alpha value is -3.60. The molecule has 1 aliphatic rings. The van der Waals surface area contributed by atoms with E-state index in [2.05, 4.69) is 75.2 Å². The first-order chi connectivity index (χ1) is 15.6. The summed E-state index contributed by atoms with van der Waals surface area (Å²) >= 11 is 0. The number of carbonyl (C=O) groups excluding carboxylic acids is 1. The summed E-state index contributed by atoms with van der Waals surface area (Å²) in [5, 5.41) is 16.2. The van der Waals surface area contributed by atoms with Crippen LogP contribution in [0.1, 0.15) is 61.7 Å². The molecule has 0 aromatic heterocycles. The summed E-state index contributed by atoms with van der Waals surface area (Å²) in [5.41, 5.74) is 8.32. The highest BCUT2D eigenvalue weighted by Crippen LogP contribution is 2.41. The Balaban J connectivity index is 1.60. The Morgan fingerprint density at radius 2 is 1.76 bits per heavy atom. The van der Waals surface area contributed by atoms with E-state index in [4.69, 9.17) is 0 Å². The predicted molar refractivity (Wildman–Crippen MR) is 137 cm³/mol. The summed E-state index contributed by atoms with van der Waals surface area (Å²) in [7, 11) is 0. The maximum atomic E-state index is 12.7. The lowest BCUT2D eigenvalue weighted by atomic mass is 9.86. The number of aryl methyl sites for hydroxylation is 1. The third-order valence-corrected chi connectivity index (χ3v) is 6.25. The van der Waals surface area contributed by atoms with Crippen molar-refractivity contribution < 1.29 is 9.90 Å². The molecule has 0 fully saturated rings. The monoisotopic (exact) mass is 441 g/mol. The number of hydrogen-bond acceptors (Lipinski definition) is 4. The van der Waals surface area contributed by atoms with Gasteiger partial charge in [0.05, 0.1) is 17.3 Å². The van der Waals surface area contributed by atoms with E-state index in [-0.39, 0.29) is 16.9 Å². The molecule has 0 aliphatic carbocycles. The van der Waals surface area contributed by atoms with E-state index in [1.54, 1.807) is 18.3 Å². The summed E-state index contributed by atoms with van der Waals surface area (Å²) in [6, 6.07) is 15.6. The summed E-state index contributed by atoms with van der Waals surface area (Å²) in [6.45, 7) is 13.1. The normalized spacial score (nSPS) is 15.1. The molecule has 0 bridgehead atoms. The van der Waals surface area contributed by atoms with Crippen LogP contribution in [0.25, 0.3) is 16.3 Å². The average Bonchev–Trinajstić information content (AvgIpc) is 2.73. The number of rotatable bonds is 4. The molecule has 1 heterocycles. The first kappa shape index (κ1) is 22.6. The van der Waals surface area contributed by atoms with Crippen LogP contribution in [0.4, 0.5) is 5.69 Å². The second kappa shape index (κ2) is 8.39. The van der Waals surface area contributed by atoms with Crippen LogP contribution >= 0.6 is 0 Å². The SMILES string of the molecule is CC1=CC(C)(C)N(C(C)C)c2cc(C)c(/C=N\NC(=O)c3cc4ccccc4cc3O)cc21. The molecule has 1 amide bonds. The molecule has 4 rings (SSSR count). The third-order valence-electron chi connectivity index (χ3n) is 6.25. The number of aromatic hydroxyl groups is 1. The van der Waals surface area contributed by atoms with Crippen LogP contribution < -0.4 is 10.3 Å². The quantitative estimate of drug-likeness (QED) is 0.384. The molecule has 0 unspecified atom stereocenters. The molecule has 2 N–H and O–H groups in total. The number of hydrazone groups is 1. The van der Waals surface area contributed by atoms with Crippen molar-refractivity contribution >= 4 is 34.2 Å². The number of fused-ring (bicyclic) bond motifs is 2. The molecule has 0 saturated heterocycles. The van der Waals surface area contributed by atoms with Crippen molar-refractivity contribution in [3.05, 3.63) is 76.9 Å². The Kier molecular flexibility index (Phi) is 5.75. The minimum Gasteiger partial charge on any atom is -0.507 e. The van der Waals surface area contributed by atoms with E-state index >= 15 is 0 Å². The molecule has 0 radical (unpaired) electrons. The van der Waals surface area contributed by atoms with Crippen molar-refractivity contribution in [2.75, 3.05) is 4.90 Å². The lowest BCUT2D eigenvalue weighted by molar-refractivity contribution is 0.0952. The van der Waals surface area contributed by atoms with Crippen molar-refractivity contribution in [2.45, 2.75) is 53.1 Å². The van der Waals surface area contributed by atoms with E-state index in [0.717, 1.165) is 21.9 Å². The van der Waals surface area contributed by atoms with E-state index < -0.39 is 5.91 Å². The molecule has 170 valence electrons. The Bertz CT molecular complexity index is 1300. The van der Waals surface area contributed by atoms with Gasteiger partial charge in [-0.3, -0.25) is 4.79 Å². The van der Waals surface area contributed by atoms with Crippen molar-refractivity contribution in [1.82, 2.24) is 5.43 Å². The zero-order valence-electron chi connectivity index (χ0n) is 20.1. The molecule has 3 aromatic carbocycles. The maximum absolute atomic E-state index is 12.7. The smallest absolute Gasteiger partial charge is 0.275 e. The summed E-state index contributed by atoms with van der Waals surface area (Å²) < 4.78 is 0. The van der Waals surface area contributed by atoms with Gasteiger partial charge in [0.2, 0.25) is 0 Å². The van der Waals surface area contributed by atoms with Crippen LogP contribution in [0.3, 0.4) is 0 Å². The molecule has 1 aliphatic heterocycles. The zero-order chi connectivity index (χ0) is 23.9. The van der Waals surface area contributed by atoms with Gasteiger partial charge in [-0.25, -0.2) is 5.43 Å². The molecule has 3 aromatic rings. The van der Waals surface area contributed by atoms with Gasteiger partial charge in [0.1, 0.15) is 5.75 Å². The van der Waals surface area contributed by atoms with Gasteiger partial charge in [0.25, 0.3) is 5.91 Å². The molecule has 0 atom stereocenters. The molecule has 5 nitrogen and oxygen atoms in total. The highest BCUT2D eigenvalue weighted by atomic mass is 16.3. The lowest BCUT2D eigenvalue weighted by Gasteiger charge is -2.46. The fourth-order valence-electron chi connectivity index (χ4n) is 4.93. The van der Waals surface area contributed by atoms with Crippen molar-refractivity contribution in [3.8, 4) is 5.75 Å². The number of phenolic OH excluding ortho intramolecular Hbond substituents is 1. The molecular weight excluding hydrogens is 410 g/mol. The number of anilines is 1. The van der Waals surface area contributed by atoms with Gasteiger partial charge in [-0.1, -0.05) is 30.3 Å². The van der Waals surface area contributed by atoms with Crippen LogP contribution in [0.2, 0.25) is 0 Å². The van der Waals surface area contributed by atoms with Gasteiger partial charge in [-0.2, -0.15) is 5.10 Å². The maximum Gasteiger partial charge on any atom is 0.275 e. The van der Waals surface area contributed by atoms with Crippen LogP contribution in [0.15, 0.2) is 59.7 Å². The Morgan fingerprint density at radius 3 is 2.42 bits per heavy atom. The predicted octanol–water partition coefficient (Wildman–Crippen LogP) is 6.03. The topological polar surface area (TPSA) is 64.9 Å². The number of carbonyl (C=O) groups is 1. The summed E-state index contributed by atoms with van der Waals surface area (Å²) in [4.78, 5) is 15.1. The van der Waals surface area contributed by atoms with Crippen LogP contribution in [-0.4, -0.2) is 28.8 Å². The Morgan fingerprint density at radius 1 is 1.09 bits per heavy atom. The van der Waals surface area contributed by atoms with Crippen molar-refractivity contribution in [2.24, 2.45) is 5.10 Å². The summed E-state index contributed by atoms with van der Waals surface area (Å²) in [6.07, 6.45) is 3.97. The second-order valence-corrected chi connectivity index (χ2v) is 9.59. The Labute approximate surface area is 195 Å². The average molecular weight is 442 g/mol. The molecule has 5 heteroatoms. The van der Waals surface area contributed by atoms with E-state index in [9.17, 15) is 9.90 Å². The van der Waals surface area contributed by atoms with Gasteiger partial charge in [0, 0.05) is 17.3 Å². The fourth-order valence-corrected chi connectivity index (χ4v) is 4.93. The van der Waals surface area contributed by atoms with Crippen LogP contribution in [-0.2, 0) is 0 Å². The van der Waals surface area contributed by atoms with Gasteiger partial charge in [-0.15, -0.1) is 0 Å². The minimum absolute atomic E-state index is 0.0662. The zero-order valence-corrected chi connectivity index (χ0v) is 20.1. The minimum atomic E-state index is -0.450. The first-order valence-electron chi connectivity index (χ1n) is 11.3.